The smallest absolute Gasteiger partial charge is 0.125 e. The van der Waals surface area contributed by atoms with Crippen LogP contribution in [0, 0.1) is 0 Å². The number of hydrogen-bond acceptors (Lipinski definition) is 2. The molecule has 0 saturated carbocycles. The van der Waals surface area contributed by atoms with Gasteiger partial charge in [0, 0.05) is 11.6 Å². The molecule has 1 aliphatic carbocycles. The highest BCUT2D eigenvalue weighted by Crippen LogP contribution is 2.27. The lowest BCUT2D eigenvalue weighted by molar-refractivity contribution is 0.532. The van der Waals surface area contributed by atoms with Crippen LogP contribution in [0.1, 0.15) is 44.0 Å². The van der Waals surface area contributed by atoms with Crippen molar-refractivity contribution in [1.82, 2.24) is 9.78 Å². The summed E-state index contributed by atoms with van der Waals surface area (Å²) in [6, 6.07) is 0.380. The van der Waals surface area contributed by atoms with E-state index in [0.717, 1.165) is 18.7 Å². The first kappa shape index (κ1) is 8.60. The predicted molar refractivity (Wildman–Crippen MR) is 53.7 cm³/mol. The van der Waals surface area contributed by atoms with Crippen molar-refractivity contribution in [3.63, 3.8) is 0 Å². The Hall–Kier alpha value is -0.990. The molecule has 1 heterocycles. The monoisotopic (exact) mass is 179 g/mol. The fourth-order valence-electron chi connectivity index (χ4n) is 1.99. The van der Waals surface area contributed by atoms with Crippen molar-refractivity contribution < 1.29 is 0 Å². The third kappa shape index (κ3) is 1.32. The molecule has 0 aliphatic heterocycles. The van der Waals surface area contributed by atoms with E-state index < -0.39 is 0 Å². The zero-order valence-electron chi connectivity index (χ0n) is 8.38. The molecule has 0 unspecified atom stereocenters. The zero-order chi connectivity index (χ0) is 9.42. The van der Waals surface area contributed by atoms with Crippen molar-refractivity contribution in [2.24, 2.45) is 0 Å². The molecule has 72 valence electrons. The van der Waals surface area contributed by atoms with Gasteiger partial charge in [-0.3, -0.25) is 0 Å². The lowest BCUT2D eigenvalue weighted by Crippen LogP contribution is -2.07. The summed E-state index contributed by atoms with van der Waals surface area (Å²) >= 11 is 0. The highest BCUT2D eigenvalue weighted by atomic mass is 15.3. The SMILES string of the molecule is CC(C)n1nc2c(c1N)CCCC2. The van der Waals surface area contributed by atoms with Crippen molar-refractivity contribution >= 4 is 5.82 Å². The van der Waals surface area contributed by atoms with Crippen molar-refractivity contribution in [3.05, 3.63) is 11.3 Å². The molecule has 0 radical (unpaired) electrons. The maximum atomic E-state index is 6.03. The van der Waals surface area contributed by atoms with Gasteiger partial charge in [-0.1, -0.05) is 0 Å². The second-order valence-corrected chi connectivity index (χ2v) is 4.06. The van der Waals surface area contributed by atoms with Crippen molar-refractivity contribution in [2.45, 2.75) is 45.6 Å². The molecular formula is C10H17N3. The molecule has 0 amide bonds. The fourth-order valence-corrected chi connectivity index (χ4v) is 1.99. The fraction of sp³-hybridized carbons (Fsp3) is 0.700. The largest absolute Gasteiger partial charge is 0.384 e. The zero-order valence-corrected chi connectivity index (χ0v) is 8.38. The van der Waals surface area contributed by atoms with Crippen LogP contribution in [0.3, 0.4) is 0 Å². The Morgan fingerprint density at radius 3 is 2.62 bits per heavy atom. The van der Waals surface area contributed by atoms with E-state index >= 15 is 0 Å². The van der Waals surface area contributed by atoms with Crippen molar-refractivity contribution in [3.8, 4) is 0 Å². The van der Waals surface area contributed by atoms with Gasteiger partial charge in [0.05, 0.1) is 5.69 Å². The van der Waals surface area contributed by atoms with Gasteiger partial charge in [-0.05, 0) is 39.5 Å². The van der Waals surface area contributed by atoms with E-state index in [2.05, 4.69) is 18.9 Å². The quantitative estimate of drug-likeness (QED) is 0.715. The van der Waals surface area contributed by atoms with Gasteiger partial charge in [-0.2, -0.15) is 5.10 Å². The number of nitrogens with zero attached hydrogens (tertiary/aromatic N) is 2. The molecule has 3 heteroatoms. The molecule has 0 spiro atoms. The van der Waals surface area contributed by atoms with Crippen LogP contribution < -0.4 is 5.73 Å². The lowest BCUT2D eigenvalue weighted by Gasteiger charge is -2.09. The van der Waals surface area contributed by atoms with Crippen LogP contribution in [0.25, 0.3) is 0 Å². The Bertz CT molecular complexity index is 312. The van der Waals surface area contributed by atoms with Crippen molar-refractivity contribution in [1.29, 1.82) is 0 Å². The number of aromatic nitrogens is 2. The molecule has 1 aromatic rings. The van der Waals surface area contributed by atoms with Gasteiger partial charge in [0.1, 0.15) is 5.82 Å². The Morgan fingerprint density at radius 1 is 1.31 bits per heavy atom. The average Bonchev–Trinajstić information content (AvgIpc) is 2.45. The molecule has 1 aromatic heterocycles. The number of rotatable bonds is 1. The first-order valence-corrected chi connectivity index (χ1v) is 5.06. The summed E-state index contributed by atoms with van der Waals surface area (Å²) in [6.45, 7) is 4.24. The van der Waals surface area contributed by atoms with Gasteiger partial charge in [-0.15, -0.1) is 0 Å². The van der Waals surface area contributed by atoms with Gasteiger partial charge < -0.3 is 5.73 Å². The summed E-state index contributed by atoms with van der Waals surface area (Å²) < 4.78 is 1.95. The normalized spacial score (nSPS) is 16.2. The van der Waals surface area contributed by atoms with E-state index in [1.54, 1.807) is 0 Å². The number of fused-ring (bicyclic) bond motifs is 1. The Balaban J connectivity index is 2.44. The molecule has 13 heavy (non-hydrogen) atoms. The minimum atomic E-state index is 0.380. The summed E-state index contributed by atoms with van der Waals surface area (Å²) in [7, 11) is 0. The number of nitrogen functional groups attached to an aromatic ring is 1. The molecule has 0 atom stereocenters. The van der Waals surface area contributed by atoms with E-state index in [1.807, 2.05) is 4.68 Å². The minimum absolute atomic E-state index is 0.380. The van der Waals surface area contributed by atoms with Crippen LogP contribution in [0.2, 0.25) is 0 Å². The third-order valence-corrected chi connectivity index (χ3v) is 2.71. The second-order valence-electron chi connectivity index (χ2n) is 4.06. The van der Waals surface area contributed by atoms with Gasteiger partial charge in [0.15, 0.2) is 0 Å². The summed E-state index contributed by atoms with van der Waals surface area (Å²) in [4.78, 5) is 0. The Labute approximate surface area is 78.9 Å². The molecule has 1 aliphatic rings. The molecule has 2 rings (SSSR count). The third-order valence-electron chi connectivity index (χ3n) is 2.71. The maximum absolute atomic E-state index is 6.03. The van der Waals surface area contributed by atoms with Crippen LogP contribution in [0.5, 0.6) is 0 Å². The number of aryl methyl sites for hydroxylation is 1. The molecule has 0 aromatic carbocycles. The topological polar surface area (TPSA) is 43.8 Å². The van der Waals surface area contributed by atoms with Gasteiger partial charge in [-0.25, -0.2) is 4.68 Å². The van der Waals surface area contributed by atoms with Gasteiger partial charge >= 0.3 is 0 Å². The van der Waals surface area contributed by atoms with E-state index in [1.165, 1.54) is 24.1 Å². The molecule has 3 nitrogen and oxygen atoms in total. The standard InChI is InChI=1S/C10H17N3/c1-7(2)13-10(11)8-5-3-4-6-9(8)12-13/h7H,3-6,11H2,1-2H3. The van der Waals surface area contributed by atoms with Gasteiger partial charge in [0.2, 0.25) is 0 Å². The summed E-state index contributed by atoms with van der Waals surface area (Å²) in [5, 5.41) is 4.54. The van der Waals surface area contributed by atoms with E-state index in [4.69, 9.17) is 5.73 Å². The molecule has 2 N–H and O–H groups in total. The highest BCUT2D eigenvalue weighted by molar-refractivity contribution is 5.45. The number of hydrogen-bond donors (Lipinski definition) is 1. The Morgan fingerprint density at radius 2 is 2.00 bits per heavy atom. The summed E-state index contributed by atoms with van der Waals surface area (Å²) in [5.41, 5.74) is 8.56. The van der Waals surface area contributed by atoms with Gasteiger partial charge in [0.25, 0.3) is 0 Å². The van der Waals surface area contributed by atoms with Crippen LogP contribution in [0.4, 0.5) is 5.82 Å². The molecule has 0 fully saturated rings. The molecule has 0 bridgehead atoms. The van der Waals surface area contributed by atoms with Crippen LogP contribution >= 0.6 is 0 Å². The Kier molecular flexibility index (Phi) is 2.02. The summed E-state index contributed by atoms with van der Waals surface area (Å²) in [6.07, 6.45) is 4.76. The highest BCUT2D eigenvalue weighted by Gasteiger charge is 2.19. The van der Waals surface area contributed by atoms with E-state index in [-0.39, 0.29) is 0 Å². The summed E-state index contributed by atoms with van der Waals surface area (Å²) in [5.74, 6) is 0.893. The first-order chi connectivity index (χ1) is 6.20. The maximum Gasteiger partial charge on any atom is 0.125 e. The van der Waals surface area contributed by atoms with E-state index in [0.29, 0.717) is 6.04 Å². The van der Waals surface area contributed by atoms with Crippen molar-refractivity contribution in [2.75, 3.05) is 5.73 Å². The van der Waals surface area contributed by atoms with E-state index in [9.17, 15) is 0 Å². The predicted octanol–water partition coefficient (Wildman–Crippen LogP) is 1.93. The van der Waals surface area contributed by atoms with Crippen LogP contribution in [-0.4, -0.2) is 9.78 Å². The number of nitrogens with two attached hydrogens (primary N) is 1. The second kappa shape index (κ2) is 3.05. The number of anilines is 1. The molecular weight excluding hydrogens is 162 g/mol. The van der Waals surface area contributed by atoms with Crippen LogP contribution in [-0.2, 0) is 12.8 Å². The first-order valence-electron chi connectivity index (χ1n) is 5.06. The van der Waals surface area contributed by atoms with Crippen LogP contribution in [0.15, 0.2) is 0 Å². The lowest BCUT2D eigenvalue weighted by atomic mass is 9.98. The average molecular weight is 179 g/mol. The molecule has 0 saturated heterocycles. The minimum Gasteiger partial charge on any atom is -0.384 e.